The Labute approximate surface area is 176 Å². The zero-order chi connectivity index (χ0) is 20.6. The number of rotatable bonds is 7. The lowest BCUT2D eigenvalue weighted by molar-refractivity contribution is 0.0950. The van der Waals surface area contributed by atoms with Gasteiger partial charge in [-0.15, -0.1) is 0 Å². The summed E-state index contributed by atoms with van der Waals surface area (Å²) in [5.74, 6) is 0.402. The minimum absolute atomic E-state index is 0.0306. The fourth-order valence-corrected chi connectivity index (χ4v) is 2.90. The minimum atomic E-state index is -0.406. The lowest BCUT2D eigenvalue weighted by Gasteiger charge is -2.11. The number of ether oxygens (including phenoxy) is 2. The molecule has 0 saturated heterocycles. The second-order valence-electron chi connectivity index (χ2n) is 6.05. The predicted octanol–water partition coefficient (Wildman–Crippen LogP) is 4.51. The predicted molar refractivity (Wildman–Crippen MR) is 115 cm³/mol. The van der Waals surface area contributed by atoms with E-state index >= 15 is 0 Å². The van der Waals surface area contributed by atoms with E-state index in [0.29, 0.717) is 29.2 Å². The lowest BCUT2D eigenvalue weighted by Crippen LogP contribution is -2.18. The van der Waals surface area contributed by atoms with Gasteiger partial charge in [-0.2, -0.15) is 5.10 Å². The fraction of sp³-hybridized carbons (Fsp3) is 0.0909. The monoisotopic (exact) mass is 454 g/mol. The van der Waals surface area contributed by atoms with Crippen molar-refractivity contribution < 1.29 is 19.4 Å². The van der Waals surface area contributed by atoms with Crippen LogP contribution in [0.5, 0.6) is 17.2 Å². The van der Waals surface area contributed by atoms with E-state index < -0.39 is 5.91 Å². The first kappa shape index (κ1) is 20.4. The largest absolute Gasteiger partial charge is 0.504 e. The SMILES string of the molecule is COc1cc(/C=N/NC(=O)c2cc(Br)ccc2OCc2ccccc2)ccc1O. The zero-order valence-corrected chi connectivity index (χ0v) is 17.2. The van der Waals surface area contributed by atoms with Gasteiger partial charge in [0, 0.05) is 4.47 Å². The van der Waals surface area contributed by atoms with Crippen LogP contribution in [-0.2, 0) is 6.61 Å². The molecule has 0 aliphatic carbocycles. The fourth-order valence-electron chi connectivity index (χ4n) is 2.54. The summed E-state index contributed by atoms with van der Waals surface area (Å²) in [6, 6.07) is 19.7. The van der Waals surface area contributed by atoms with Gasteiger partial charge in [0.15, 0.2) is 11.5 Å². The standard InChI is InChI=1S/C22H19BrN2O4/c1-28-21-11-16(7-9-19(21)26)13-24-25-22(27)18-12-17(23)8-10-20(18)29-14-15-5-3-2-4-6-15/h2-13,26H,14H2,1H3,(H,25,27)/b24-13+. The maximum atomic E-state index is 12.6. The quantitative estimate of drug-likeness (QED) is 0.406. The molecule has 0 saturated carbocycles. The molecule has 0 aliphatic rings. The Hall–Kier alpha value is -3.32. The number of hydrogen-bond donors (Lipinski definition) is 2. The van der Waals surface area contributed by atoms with Crippen LogP contribution < -0.4 is 14.9 Å². The third-order valence-electron chi connectivity index (χ3n) is 4.01. The average molecular weight is 455 g/mol. The smallest absolute Gasteiger partial charge is 0.275 e. The van der Waals surface area contributed by atoms with E-state index in [1.807, 2.05) is 36.4 Å². The van der Waals surface area contributed by atoms with Crippen LogP contribution in [0, 0.1) is 0 Å². The molecule has 0 fully saturated rings. The van der Waals surface area contributed by atoms with Crippen LogP contribution in [0.25, 0.3) is 0 Å². The molecule has 3 rings (SSSR count). The molecule has 0 aliphatic heterocycles. The molecule has 0 bridgehead atoms. The Morgan fingerprint density at radius 2 is 1.90 bits per heavy atom. The van der Waals surface area contributed by atoms with E-state index in [9.17, 15) is 9.90 Å². The molecular formula is C22H19BrN2O4. The number of amides is 1. The molecule has 148 valence electrons. The Bertz CT molecular complexity index is 1020. The van der Waals surface area contributed by atoms with Crippen LogP contribution in [-0.4, -0.2) is 24.3 Å². The third-order valence-corrected chi connectivity index (χ3v) is 4.50. The van der Waals surface area contributed by atoms with Crippen molar-refractivity contribution >= 4 is 28.1 Å². The van der Waals surface area contributed by atoms with Crippen LogP contribution >= 0.6 is 15.9 Å². The molecule has 0 unspecified atom stereocenters. The van der Waals surface area contributed by atoms with Crippen LogP contribution in [0.2, 0.25) is 0 Å². The first-order chi connectivity index (χ1) is 14.1. The summed E-state index contributed by atoms with van der Waals surface area (Å²) in [6.07, 6.45) is 1.46. The maximum absolute atomic E-state index is 12.6. The van der Waals surface area contributed by atoms with E-state index in [1.54, 1.807) is 24.3 Å². The van der Waals surface area contributed by atoms with E-state index in [4.69, 9.17) is 9.47 Å². The molecule has 0 aromatic heterocycles. The van der Waals surface area contributed by atoms with Crippen molar-refractivity contribution in [2.24, 2.45) is 5.10 Å². The molecule has 0 radical (unpaired) electrons. The highest BCUT2D eigenvalue weighted by atomic mass is 79.9. The van der Waals surface area contributed by atoms with E-state index in [1.165, 1.54) is 19.4 Å². The van der Waals surface area contributed by atoms with Gasteiger partial charge in [0.1, 0.15) is 12.4 Å². The van der Waals surface area contributed by atoms with Gasteiger partial charge in [-0.05, 0) is 47.5 Å². The first-order valence-electron chi connectivity index (χ1n) is 8.73. The number of carbonyl (C=O) groups is 1. The van der Waals surface area contributed by atoms with Gasteiger partial charge in [0.25, 0.3) is 5.91 Å². The van der Waals surface area contributed by atoms with E-state index in [2.05, 4.69) is 26.5 Å². The van der Waals surface area contributed by atoms with Gasteiger partial charge in [-0.3, -0.25) is 4.79 Å². The molecule has 0 spiro atoms. The van der Waals surface area contributed by atoms with E-state index in [-0.39, 0.29) is 5.75 Å². The van der Waals surface area contributed by atoms with Crippen LogP contribution in [0.4, 0.5) is 0 Å². The number of phenols is 1. The molecular weight excluding hydrogens is 436 g/mol. The first-order valence-corrected chi connectivity index (χ1v) is 9.53. The van der Waals surface area contributed by atoms with Crippen molar-refractivity contribution in [1.82, 2.24) is 5.43 Å². The summed E-state index contributed by atoms with van der Waals surface area (Å²) in [4.78, 5) is 12.6. The van der Waals surface area contributed by atoms with Crippen molar-refractivity contribution in [3.63, 3.8) is 0 Å². The number of aromatic hydroxyl groups is 1. The number of phenolic OH excluding ortho intramolecular Hbond substituents is 1. The number of hydrogen-bond acceptors (Lipinski definition) is 5. The second kappa shape index (κ2) is 9.75. The van der Waals surface area contributed by atoms with Crippen molar-refractivity contribution in [3.05, 3.63) is 87.9 Å². The lowest BCUT2D eigenvalue weighted by atomic mass is 10.2. The maximum Gasteiger partial charge on any atom is 0.275 e. The molecule has 0 heterocycles. The van der Waals surface area contributed by atoms with Gasteiger partial charge < -0.3 is 14.6 Å². The molecule has 3 aromatic rings. The summed E-state index contributed by atoms with van der Waals surface area (Å²) in [5.41, 5.74) is 4.51. The van der Waals surface area contributed by atoms with Crippen molar-refractivity contribution in [2.75, 3.05) is 7.11 Å². The van der Waals surface area contributed by atoms with Crippen LogP contribution in [0.15, 0.2) is 76.3 Å². The summed E-state index contributed by atoms with van der Waals surface area (Å²) >= 11 is 3.38. The van der Waals surface area contributed by atoms with Crippen molar-refractivity contribution in [1.29, 1.82) is 0 Å². The molecule has 6 nitrogen and oxygen atoms in total. The minimum Gasteiger partial charge on any atom is -0.504 e. The van der Waals surface area contributed by atoms with Crippen LogP contribution in [0.1, 0.15) is 21.5 Å². The van der Waals surface area contributed by atoms with E-state index in [0.717, 1.165) is 10.0 Å². The van der Waals surface area contributed by atoms with Gasteiger partial charge in [0.2, 0.25) is 0 Å². The summed E-state index contributed by atoms with van der Waals surface area (Å²) < 4.78 is 11.6. The molecule has 3 aromatic carbocycles. The van der Waals surface area contributed by atoms with Crippen molar-refractivity contribution in [2.45, 2.75) is 6.61 Å². The van der Waals surface area contributed by atoms with Crippen LogP contribution in [0.3, 0.4) is 0 Å². The molecule has 29 heavy (non-hydrogen) atoms. The number of methoxy groups -OCH3 is 1. The molecule has 2 N–H and O–H groups in total. The summed E-state index contributed by atoms with van der Waals surface area (Å²) in [7, 11) is 1.46. The normalized spacial score (nSPS) is 10.7. The van der Waals surface area contributed by atoms with Crippen molar-refractivity contribution in [3.8, 4) is 17.2 Å². The summed E-state index contributed by atoms with van der Waals surface area (Å²) in [5, 5.41) is 13.6. The number of nitrogens with one attached hydrogen (secondary N) is 1. The number of benzene rings is 3. The summed E-state index contributed by atoms with van der Waals surface area (Å²) in [6.45, 7) is 0.347. The average Bonchev–Trinajstić information content (AvgIpc) is 2.74. The third kappa shape index (κ3) is 5.58. The Balaban J connectivity index is 1.70. The number of halogens is 1. The Kier molecular flexibility index (Phi) is 6.86. The molecule has 0 atom stereocenters. The van der Waals surface area contributed by atoms with Gasteiger partial charge in [-0.25, -0.2) is 5.43 Å². The Morgan fingerprint density at radius 1 is 1.10 bits per heavy atom. The zero-order valence-electron chi connectivity index (χ0n) is 15.6. The topological polar surface area (TPSA) is 80.2 Å². The molecule has 1 amide bonds. The highest BCUT2D eigenvalue weighted by Gasteiger charge is 2.13. The number of hydrazone groups is 1. The van der Waals surface area contributed by atoms with Gasteiger partial charge in [-0.1, -0.05) is 46.3 Å². The Morgan fingerprint density at radius 3 is 2.66 bits per heavy atom. The highest BCUT2D eigenvalue weighted by Crippen LogP contribution is 2.26. The van der Waals surface area contributed by atoms with Gasteiger partial charge in [0.05, 0.1) is 18.9 Å². The molecule has 7 heteroatoms. The number of nitrogens with zero attached hydrogens (tertiary/aromatic N) is 1. The number of carbonyl (C=O) groups excluding carboxylic acids is 1. The highest BCUT2D eigenvalue weighted by molar-refractivity contribution is 9.10. The second-order valence-corrected chi connectivity index (χ2v) is 6.96. The van der Waals surface area contributed by atoms with Gasteiger partial charge >= 0.3 is 0 Å².